The third kappa shape index (κ3) is 1.11. The van der Waals surface area contributed by atoms with Crippen LogP contribution in [-0.4, -0.2) is 6.17 Å². The van der Waals surface area contributed by atoms with Gasteiger partial charge in [-0.05, 0) is 13.0 Å². The minimum atomic E-state index is 0.213. The molecule has 1 unspecified atom stereocenters. The number of rotatable bonds is 0. The number of nitrogens with one attached hydrogen (secondary N) is 1. The monoisotopic (exact) mass is 146 g/mol. The van der Waals surface area contributed by atoms with Crippen LogP contribution in [0.1, 0.15) is 6.92 Å². The molecule has 0 radical (unpaired) electrons. The molecule has 2 heteroatoms. The fraction of sp³-hybridized carbons (Fsp3) is 0.222. The van der Waals surface area contributed by atoms with Crippen LogP contribution in [0.15, 0.2) is 29.3 Å². The third-order valence-electron chi connectivity index (χ3n) is 1.75. The van der Waals surface area contributed by atoms with Gasteiger partial charge in [0.25, 0.3) is 0 Å². The first-order valence-corrected chi connectivity index (χ1v) is 3.75. The lowest BCUT2D eigenvalue weighted by Gasteiger charge is -2.09. The standard InChI is InChI=1S/C9H10N2/c1-7-10-6-8-4-2-3-5-9(8)11-7/h2-7,10H,1H3. The van der Waals surface area contributed by atoms with E-state index < -0.39 is 0 Å². The highest BCUT2D eigenvalue weighted by Gasteiger charge is 1.97. The summed E-state index contributed by atoms with van der Waals surface area (Å²) in [6.45, 7) is 2.03. The molecule has 1 aromatic rings. The minimum Gasteiger partial charge on any atom is -0.369 e. The smallest absolute Gasteiger partial charge is 0.116 e. The van der Waals surface area contributed by atoms with E-state index >= 15 is 0 Å². The second kappa shape index (κ2) is 2.38. The maximum absolute atomic E-state index is 4.40. The Morgan fingerprint density at radius 2 is 2.18 bits per heavy atom. The number of hydrogen-bond donors (Lipinski definition) is 1. The van der Waals surface area contributed by atoms with Crippen molar-refractivity contribution < 1.29 is 0 Å². The van der Waals surface area contributed by atoms with E-state index in [0.717, 1.165) is 5.36 Å². The van der Waals surface area contributed by atoms with Gasteiger partial charge in [-0.15, -0.1) is 0 Å². The number of para-hydroxylation sites is 1. The predicted molar refractivity (Wildman–Crippen MR) is 44.3 cm³/mol. The quantitative estimate of drug-likeness (QED) is 0.547. The van der Waals surface area contributed by atoms with Gasteiger partial charge in [0.1, 0.15) is 6.17 Å². The maximum atomic E-state index is 4.40. The van der Waals surface area contributed by atoms with Gasteiger partial charge in [0.2, 0.25) is 0 Å². The van der Waals surface area contributed by atoms with Crippen molar-refractivity contribution in [2.45, 2.75) is 13.1 Å². The van der Waals surface area contributed by atoms with Gasteiger partial charge in [-0.3, -0.25) is 4.99 Å². The van der Waals surface area contributed by atoms with E-state index in [1.165, 1.54) is 5.22 Å². The van der Waals surface area contributed by atoms with Gasteiger partial charge in [-0.2, -0.15) is 0 Å². The molecule has 2 rings (SSSR count). The van der Waals surface area contributed by atoms with Crippen LogP contribution in [0.3, 0.4) is 0 Å². The molecular weight excluding hydrogens is 136 g/mol. The van der Waals surface area contributed by atoms with E-state index in [1.54, 1.807) is 0 Å². The van der Waals surface area contributed by atoms with Gasteiger partial charge in [-0.1, -0.05) is 18.2 Å². The maximum Gasteiger partial charge on any atom is 0.116 e. The first-order valence-electron chi connectivity index (χ1n) is 3.75. The molecule has 1 aliphatic rings. The minimum absolute atomic E-state index is 0.213. The highest BCUT2D eigenvalue weighted by atomic mass is 15.1. The lowest BCUT2D eigenvalue weighted by molar-refractivity contribution is 0.664. The Kier molecular flexibility index (Phi) is 1.39. The third-order valence-corrected chi connectivity index (χ3v) is 1.75. The van der Waals surface area contributed by atoms with Crippen molar-refractivity contribution in [3.63, 3.8) is 0 Å². The number of fused-ring (bicyclic) bond motifs is 1. The zero-order chi connectivity index (χ0) is 7.68. The van der Waals surface area contributed by atoms with Crippen LogP contribution in [0.4, 0.5) is 0 Å². The number of nitrogens with zero attached hydrogens (tertiary/aromatic N) is 1. The summed E-state index contributed by atoms with van der Waals surface area (Å²) in [4.78, 5) is 4.40. The van der Waals surface area contributed by atoms with E-state index in [9.17, 15) is 0 Å². The number of benzene rings is 1. The van der Waals surface area contributed by atoms with E-state index in [2.05, 4.69) is 16.4 Å². The number of hydrogen-bond acceptors (Lipinski definition) is 2. The zero-order valence-corrected chi connectivity index (χ0v) is 6.41. The normalized spacial score (nSPS) is 20.6. The molecule has 0 saturated heterocycles. The van der Waals surface area contributed by atoms with Gasteiger partial charge >= 0.3 is 0 Å². The first kappa shape index (κ1) is 6.40. The fourth-order valence-electron chi connectivity index (χ4n) is 1.18. The van der Waals surface area contributed by atoms with Gasteiger partial charge in [0, 0.05) is 11.4 Å². The second-order valence-corrected chi connectivity index (χ2v) is 2.67. The Morgan fingerprint density at radius 1 is 1.36 bits per heavy atom. The van der Waals surface area contributed by atoms with Crippen LogP contribution >= 0.6 is 0 Å². The van der Waals surface area contributed by atoms with E-state index in [0.29, 0.717) is 0 Å². The summed E-state index contributed by atoms with van der Waals surface area (Å²) >= 11 is 0. The molecule has 0 bridgehead atoms. The highest BCUT2D eigenvalue weighted by Crippen LogP contribution is 1.84. The first-order chi connectivity index (χ1) is 5.36. The Balaban J connectivity index is 2.73. The molecular formula is C9H10N2. The van der Waals surface area contributed by atoms with Gasteiger partial charge in [0.15, 0.2) is 0 Å². The summed E-state index contributed by atoms with van der Waals surface area (Å²) in [5, 5.41) is 5.40. The van der Waals surface area contributed by atoms with Gasteiger partial charge in [-0.25, -0.2) is 0 Å². The molecule has 0 amide bonds. The predicted octanol–water partition coefficient (Wildman–Crippen LogP) is -0.00660. The second-order valence-electron chi connectivity index (χ2n) is 2.67. The molecule has 2 nitrogen and oxygen atoms in total. The average molecular weight is 146 g/mol. The van der Waals surface area contributed by atoms with Gasteiger partial charge in [0.05, 0.1) is 5.36 Å². The van der Waals surface area contributed by atoms with Crippen LogP contribution in [0.5, 0.6) is 0 Å². The Morgan fingerprint density at radius 3 is 3.09 bits per heavy atom. The summed E-state index contributed by atoms with van der Waals surface area (Å²) in [5.74, 6) is 0. The summed E-state index contributed by atoms with van der Waals surface area (Å²) in [6, 6.07) is 8.11. The summed E-state index contributed by atoms with van der Waals surface area (Å²) in [7, 11) is 0. The summed E-state index contributed by atoms with van der Waals surface area (Å²) in [6.07, 6.45) is 2.22. The molecule has 56 valence electrons. The molecule has 0 aromatic heterocycles. The van der Waals surface area contributed by atoms with Crippen LogP contribution in [-0.2, 0) is 0 Å². The van der Waals surface area contributed by atoms with Crippen molar-refractivity contribution in [2.75, 3.05) is 0 Å². The van der Waals surface area contributed by atoms with Crippen molar-refractivity contribution in [3.8, 4) is 0 Å². The topological polar surface area (TPSA) is 24.4 Å². The summed E-state index contributed by atoms with van der Waals surface area (Å²) in [5.41, 5.74) is 0. The Labute approximate surface area is 65.3 Å². The Bertz CT molecular complexity index is 367. The van der Waals surface area contributed by atoms with E-state index in [4.69, 9.17) is 0 Å². The van der Waals surface area contributed by atoms with Crippen molar-refractivity contribution >= 4 is 6.20 Å². The molecule has 1 N–H and O–H groups in total. The van der Waals surface area contributed by atoms with Gasteiger partial charge < -0.3 is 5.32 Å². The van der Waals surface area contributed by atoms with Crippen LogP contribution in [0, 0.1) is 0 Å². The lowest BCUT2D eigenvalue weighted by Crippen LogP contribution is -2.37. The molecule has 1 aromatic carbocycles. The average Bonchev–Trinajstić information content (AvgIpc) is 2.04. The molecule has 0 fully saturated rings. The largest absolute Gasteiger partial charge is 0.369 e. The van der Waals surface area contributed by atoms with Crippen molar-refractivity contribution in [3.05, 3.63) is 34.8 Å². The molecule has 11 heavy (non-hydrogen) atoms. The van der Waals surface area contributed by atoms with Crippen molar-refractivity contribution in [1.29, 1.82) is 0 Å². The van der Waals surface area contributed by atoms with Crippen molar-refractivity contribution in [2.24, 2.45) is 4.99 Å². The molecule has 0 spiro atoms. The summed E-state index contributed by atoms with van der Waals surface area (Å²) < 4.78 is 0. The molecule has 0 aliphatic carbocycles. The SMILES string of the molecule is CC1N=c2ccccc2=CN1. The molecule has 1 atom stereocenters. The lowest BCUT2D eigenvalue weighted by atomic mass is 10.2. The zero-order valence-electron chi connectivity index (χ0n) is 6.41. The fourth-order valence-corrected chi connectivity index (χ4v) is 1.18. The van der Waals surface area contributed by atoms with Crippen LogP contribution < -0.4 is 15.9 Å². The van der Waals surface area contributed by atoms with E-state index in [1.807, 2.05) is 31.3 Å². The highest BCUT2D eigenvalue weighted by molar-refractivity contribution is 5.23. The van der Waals surface area contributed by atoms with Crippen LogP contribution in [0.25, 0.3) is 6.20 Å². The Hall–Kier alpha value is -1.31. The molecule has 1 heterocycles. The van der Waals surface area contributed by atoms with Crippen LogP contribution in [0.2, 0.25) is 0 Å². The molecule has 1 aliphatic heterocycles. The van der Waals surface area contributed by atoms with E-state index in [-0.39, 0.29) is 6.17 Å². The molecule has 0 saturated carbocycles. The van der Waals surface area contributed by atoms with Crippen molar-refractivity contribution in [1.82, 2.24) is 5.32 Å².